The Kier molecular flexibility index (Phi) is 4.14. The lowest BCUT2D eigenvalue weighted by atomic mass is 10.1. The quantitative estimate of drug-likeness (QED) is 0.829. The summed E-state index contributed by atoms with van der Waals surface area (Å²) in [4.78, 5) is 0. The fourth-order valence-electron chi connectivity index (χ4n) is 1.30. The highest BCUT2D eigenvalue weighted by Gasteiger charge is 2.14. The predicted octanol–water partition coefficient (Wildman–Crippen LogP) is 2.76. The summed E-state index contributed by atoms with van der Waals surface area (Å²) in [7, 11) is 0. The first kappa shape index (κ1) is 12.5. The maximum absolute atomic E-state index is 9.58. The molecule has 1 atom stereocenters. The van der Waals surface area contributed by atoms with E-state index >= 15 is 0 Å². The Morgan fingerprint density at radius 1 is 1.47 bits per heavy atom. The molecule has 3 heteroatoms. The largest absolute Gasteiger partial charge is 0.389 e. The number of aliphatic hydroxyl groups is 1. The molecule has 1 rings (SSSR count). The Bertz CT molecular complexity index is 320. The van der Waals surface area contributed by atoms with Crippen molar-refractivity contribution in [2.45, 2.75) is 32.4 Å². The first-order valence-corrected chi connectivity index (χ1v) is 5.47. The zero-order chi connectivity index (χ0) is 11.5. The molecule has 0 aliphatic heterocycles. The van der Waals surface area contributed by atoms with Gasteiger partial charge in [-0.15, -0.1) is 0 Å². The minimum atomic E-state index is -0.688. The summed E-state index contributed by atoms with van der Waals surface area (Å²) in [6.45, 7) is 6.17. The molecule has 0 aliphatic carbocycles. The van der Waals surface area contributed by atoms with E-state index in [0.717, 1.165) is 10.6 Å². The molecule has 2 nitrogen and oxygen atoms in total. The summed E-state index contributed by atoms with van der Waals surface area (Å²) >= 11 is 5.90. The Morgan fingerprint density at radius 2 is 2.13 bits per heavy atom. The minimum absolute atomic E-state index is 0.190. The molecule has 0 radical (unpaired) electrons. The van der Waals surface area contributed by atoms with Gasteiger partial charge in [0, 0.05) is 17.6 Å². The molecule has 0 amide bonds. The molecule has 15 heavy (non-hydrogen) atoms. The molecule has 2 N–H and O–H groups in total. The van der Waals surface area contributed by atoms with E-state index in [1.165, 1.54) is 0 Å². The van der Waals surface area contributed by atoms with E-state index in [4.69, 9.17) is 11.6 Å². The molecule has 0 bridgehead atoms. The van der Waals surface area contributed by atoms with Crippen LogP contribution in [0.25, 0.3) is 0 Å². The highest BCUT2D eigenvalue weighted by atomic mass is 35.5. The van der Waals surface area contributed by atoms with E-state index in [0.29, 0.717) is 6.54 Å². The summed E-state index contributed by atoms with van der Waals surface area (Å²) in [6, 6.07) is 7.93. The van der Waals surface area contributed by atoms with Gasteiger partial charge >= 0.3 is 0 Å². The van der Waals surface area contributed by atoms with Gasteiger partial charge in [0.1, 0.15) is 0 Å². The van der Waals surface area contributed by atoms with Crippen LogP contribution in [-0.2, 0) is 0 Å². The monoisotopic (exact) mass is 227 g/mol. The van der Waals surface area contributed by atoms with Crippen molar-refractivity contribution in [2.24, 2.45) is 0 Å². The first-order valence-electron chi connectivity index (χ1n) is 5.10. The number of hydrogen-bond donors (Lipinski definition) is 2. The highest BCUT2D eigenvalue weighted by molar-refractivity contribution is 6.30. The number of hydrogen-bond acceptors (Lipinski definition) is 2. The summed E-state index contributed by atoms with van der Waals surface area (Å²) in [6.07, 6.45) is 0. The van der Waals surface area contributed by atoms with Crippen molar-refractivity contribution < 1.29 is 5.11 Å². The third-order valence-electron chi connectivity index (χ3n) is 2.19. The van der Waals surface area contributed by atoms with Gasteiger partial charge in [0.15, 0.2) is 0 Å². The van der Waals surface area contributed by atoms with Gasteiger partial charge in [-0.25, -0.2) is 0 Å². The summed E-state index contributed by atoms with van der Waals surface area (Å²) in [5.74, 6) is 0. The zero-order valence-electron chi connectivity index (χ0n) is 9.42. The minimum Gasteiger partial charge on any atom is -0.389 e. The van der Waals surface area contributed by atoms with Gasteiger partial charge in [0.05, 0.1) is 5.60 Å². The van der Waals surface area contributed by atoms with Crippen LogP contribution >= 0.6 is 11.6 Å². The van der Waals surface area contributed by atoms with Crippen molar-refractivity contribution in [1.82, 2.24) is 5.32 Å². The maximum Gasteiger partial charge on any atom is 0.0715 e. The molecule has 1 aromatic rings. The Hall–Kier alpha value is -0.570. The molecule has 0 saturated heterocycles. The lowest BCUT2D eigenvalue weighted by Crippen LogP contribution is -2.36. The van der Waals surface area contributed by atoms with Crippen LogP contribution in [0.1, 0.15) is 32.4 Å². The van der Waals surface area contributed by atoms with Crippen LogP contribution in [0.4, 0.5) is 0 Å². The second-order valence-corrected chi connectivity index (χ2v) is 4.91. The lowest BCUT2D eigenvalue weighted by Gasteiger charge is -2.22. The van der Waals surface area contributed by atoms with Crippen LogP contribution in [-0.4, -0.2) is 17.3 Å². The van der Waals surface area contributed by atoms with E-state index in [9.17, 15) is 5.11 Å². The smallest absolute Gasteiger partial charge is 0.0715 e. The van der Waals surface area contributed by atoms with Crippen LogP contribution in [0.5, 0.6) is 0 Å². The van der Waals surface area contributed by atoms with Crippen molar-refractivity contribution in [3.63, 3.8) is 0 Å². The second kappa shape index (κ2) is 4.97. The second-order valence-electron chi connectivity index (χ2n) is 4.47. The Balaban J connectivity index is 2.58. The van der Waals surface area contributed by atoms with Crippen molar-refractivity contribution in [3.05, 3.63) is 34.9 Å². The molecule has 0 aliphatic rings. The van der Waals surface area contributed by atoms with Crippen molar-refractivity contribution in [3.8, 4) is 0 Å². The fraction of sp³-hybridized carbons (Fsp3) is 0.500. The number of benzene rings is 1. The molecule has 0 fully saturated rings. The van der Waals surface area contributed by atoms with E-state index in [1.807, 2.05) is 24.3 Å². The van der Waals surface area contributed by atoms with Gasteiger partial charge < -0.3 is 10.4 Å². The van der Waals surface area contributed by atoms with Gasteiger partial charge in [-0.3, -0.25) is 0 Å². The SMILES string of the molecule is C[C@@H](NCC(C)(C)O)c1cccc(Cl)c1. The Labute approximate surface area is 96.3 Å². The van der Waals surface area contributed by atoms with Gasteiger partial charge in [0.2, 0.25) is 0 Å². The maximum atomic E-state index is 9.58. The zero-order valence-corrected chi connectivity index (χ0v) is 10.2. The van der Waals surface area contributed by atoms with Crippen molar-refractivity contribution in [2.75, 3.05) is 6.54 Å². The van der Waals surface area contributed by atoms with Crippen LogP contribution < -0.4 is 5.32 Å². The molecule has 84 valence electrons. The molecule has 0 spiro atoms. The molecule has 0 aromatic heterocycles. The third-order valence-corrected chi connectivity index (χ3v) is 2.42. The van der Waals surface area contributed by atoms with Gasteiger partial charge in [-0.2, -0.15) is 0 Å². The number of halogens is 1. The number of rotatable bonds is 4. The standard InChI is InChI=1S/C12H18ClNO/c1-9(14-8-12(2,3)15)10-5-4-6-11(13)7-10/h4-7,9,14-15H,8H2,1-3H3/t9-/m1/s1. The average molecular weight is 228 g/mol. The first-order chi connectivity index (χ1) is 6.88. The molecule has 0 saturated carbocycles. The fourth-order valence-corrected chi connectivity index (χ4v) is 1.50. The summed E-state index contributed by atoms with van der Waals surface area (Å²) < 4.78 is 0. The molecule has 1 aromatic carbocycles. The van der Waals surface area contributed by atoms with Crippen LogP contribution in [0, 0.1) is 0 Å². The van der Waals surface area contributed by atoms with E-state index < -0.39 is 5.60 Å². The van der Waals surface area contributed by atoms with Crippen LogP contribution in [0.15, 0.2) is 24.3 Å². The van der Waals surface area contributed by atoms with Gasteiger partial charge in [0.25, 0.3) is 0 Å². The average Bonchev–Trinajstić information content (AvgIpc) is 2.13. The highest BCUT2D eigenvalue weighted by Crippen LogP contribution is 2.17. The molecule has 0 heterocycles. The van der Waals surface area contributed by atoms with Gasteiger partial charge in [-0.05, 0) is 38.5 Å². The lowest BCUT2D eigenvalue weighted by molar-refractivity contribution is 0.0770. The topological polar surface area (TPSA) is 32.3 Å². The van der Waals surface area contributed by atoms with Crippen molar-refractivity contribution in [1.29, 1.82) is 0 Å². The summed E-state index contributed by atoms with van der Waals surface area (Å²) in [5, 5.41) is 13.6. The molecule has 0 unspecified atom stereocenters. The normalized spacial score (nSPS) is 13.9. The number of nitrogens with one attached hydrogen (secondary N) is 1. The molecular formula is C12H18ClNO. The predicted molar refractivity (Wildman–Crippen MR) is 64.2 cm³/mol. The van der Waals surface area contributed by atoms with Crippen molar-refractivity contribution >= 4 is 11.6 Å². The van der Waals surface area contributed by atoms with E-state index in [-0.39, 0.29) is 6.04 Å². The summed E-state index contributed by atoms with van der Waals surface area (Å²) in [5.41, 5.74) is 0.444. The van der Waals surface area contributed by atoms with Crippen LogP contribution in [0.3, 0.4) is 0 Å². The van der Waals surface area contributed by atoms with E-state index in [1.54, 1.807) is 13.8 Å². The third kappa shape index (κ3) is 4.65. The molecular weight excluding hydrogens is 210 g/mol. The Morgan fingerprint density at radius 3 is 2.67 bits per heavy atom. The van der Waals surface area contributed by atoms with Crippen LogP contribution in [0.2, 0.25) is 5.02 Å². The van der Waals surface area contributed by atoms with E-state index in [2.05, 4.69) is 12.2 Å². The van der Waals surface area contributed by atoms with Gasteiger partial charge in [-0.1, -0.05) is 23.7 Å².